The van der Waals surface area contributed by atoms with Gasteiger partial charge in [0.25, 0.3) is 0 Å². The molecule has 6 heteroatoms. The number of carbonyl (C=O) groups excluding carboxylic acids is 1. The van der Waals surface area contributed by atoms with Gasteiger partial charge in [-0.15, -0.1) is 0 Å². The highest BCUT2D eigenvalue weighted by atomic mass is 79.9. The van der Waals surface area contributed by atoms with Crippen molar-refractivity contribution in [3.05, 3.63) is 29.0 Å². The fourth-order valence-electron chi connectivity index (χ4n) is 2.81. The predicted octanol–water partition coefficient (Wildman–Crippen LogP) is 4.33. The van der Waals surface area contributed by atoms with Gasteiger partial charge in [-0.2, -0.15) is 0 Å². The molecule has 22 heavy (non-hydrogen) atoms. The van der Waals surface area contributed by atoms with Crippen LogP contribution in [0.3, 0.4) is 0 Å². The van der Waals surface area contributed by atoms with E-state index >= 15 is 0 Å². The first kappa shape index (κ1) is 15.3. The summed E-state index contributed by atoms with van der Waals surface area (Å²) in [7, 11) is 0. The molecule has 3 rings (SSSR count). The molecule has 0 N–H and O–H groups in total. The average molecular weight is 366 g/mol. The Labute approximate surface area is 138 Å². The Kier molecular flexibility index (Phi) is 3.89. The second-order valence-electron chi connectivity index (χ2n) is 6.58. The van der Waals surface area contributed by atoms with Crippen molar-refractivity contribution < 1.29 is 9.53 Å². The number of ether oxygens (including phenoxy) is 1. The number of rotatable bonds is 1. The van der Waals surface area contributed by atoms with Crippen molar-refractivity contribution in [2.45, 2.75) is 45.4 Å². The van der Waals surface area contributed by atoms with Gasteiger partial charge in [0.1, 0.15) is 11.8 Å². The van der Waals surface area contributed by atoms with Gasteiger partial charge in [-0.1, -0.05) is 15.9 Å². The first-order valence-corrected chi connectivity index (χ1v) is 8.26. The zero-order valence-corrected chi connectivity index (χ0v) is 14.6. The second-order valence-corrected chi connectivity index (χ2v) is 7.50. The maximum Gasteiger partial charge on any atom is 0.411 e. The van der Waals surface area contributed by atoms with Crippen LogP contribution in [0, 0.1) is 0 Å². The molecule has 1 aliphatic rings. The van der Waals surface area contributed by atoms with E-state index in [4.69, 9.17) is 4.74 Å². The number of halogens is 1. The van der Waals surface area contributed by atoms with Gasteiger partial charge in [-0.25, -0.2) is 9.78 Å². The SMILES string of the molecule is CC(C)(C)OC(=O)N1CCCC1n1cnc2ccc(Br)cc21. The number of likely N-dealkylation sites (tertiary alicyclic amines) is 1. The number of fused-ring (bicyclic) bond motifs is 1. The molecule has 0 spiro atoms. The van der Waals surface area contributed by atoms with Crippen molar-refractivity contribution in [1.82, 2.24) is 14.5 Å². The lowest BCUT2D eigenvalue weighted by molar-refractivity contribution is 0.0167. The first-order valence-electron chi connectivity index (χ1n) is 7.47. The Bertz CT molecular complexity index is 705. The third-order valence-corrected chi connectivity index (χ3v) is 4.20. The second kappa shape index (κ2) is 5.57. The van der Waals surface area contributed by atoms with Crippen molar-refractivity contribution in [3.8, 4) is 0 Å². The van der Waals surface area contributed by atoms with E-state index in [1.54, 1.807) is 4.90 Å². The fraction of sp³-hybridized carbons (Fsp3) is 0.500. The van der Waals surface area contributed by atoms with Gasteiger partial charge in [0.05, 0.1) is 17.4 Å². The molecule has 1 atom stereocenters. The number of nitrogens with zero attached hydrogens (tertiary/aromatic N) is 3. The molecule has 1 aromatic heterocycles. The molecule has 1 saturated heterocycles. The summed E-state index contributed by atoms with van der Waals surface area (Å²) in [6.07, 6.45) is 3.40. The molecule has 2 heterocycles. The van der Waals surface area contributed by atoms with Crippen molar-refractivity contribution in [2.75, 3.05) is 6.54 Å². The van der Waals surface area contributed by atoms with Crippen LogP contribution >= 0.6 is 15.9 Å². The number of hydrogen-bond acceptors (Lipinski definition) is 3. The number of imidazole rings is 1. The minimum Gasteiger partial charge on any atom is -0.444 e. The Morgan fingerprint density at radius 1 is 1.41 bits per heavy atom. The van der Waals surface area contributed by atoms with Crippen molar-refractivity contribution in [3.63, 3.8) is 0 Å². The summed E-state index contributed by atoms with van der Waals surface area (Å²) in [5.41, 5.74) is 1.47. The van der Waals surface area contributed by atoms with Gasteiger partial charge >= 0.3 is 6.09 Å². The summed E-state index contributed by atoms with van der Waals surface area (Å²) in [5.74, 6) is 0. The topological polar surface area (TPSA) is 47.4 Å². The number of carbonyl (C=O) groups is 1. The molecular formula is C16H20BrN3O2. The van der Waals surface area contributed by atoms with E-state index in [9.17, 15) is 4.79 Å². The Balaban J connectivity index is 1.92. The summed E-state index contributed by atoms with van der Waals surface area (Å²) in [6, 6.07) is 5.98. The maximum absolute atomic E-state index is 12.4. The molecule has 0 radical (unpaired) electrons. The van der Waals surface area contributed by atoms with E-state index < -0.39 is 5.60 Å². The standard InChI is InChI=1S/C16H20BrN3O2/c1-16(2,3)22-15(21)19-8-4-5-14(19)20-10-18-12-7-6-11(17)9-13(12)20/h6-7,9-10,14H,4-5,8H2,1-3H3. The molecule has 1 fully saturated rings. The lowest BCUT2D eigenvalue weighted by atomic mass is 10.2. The summed E-state index contributed by atoms with van der Waals surface area (Å²) < 4.78 is 8.60. The molecule has 0 bridgehead atoms. The third kappa shape index (κ3) is 2.97. The van der Waals surface area contributed by atoms with Crippen LogP contribution < -0.4 is 0 Å². The van der Waals surface area contributed by atoms with Crippen LogP contribution in [-0.4, -0.2) is 32.7 Å². The van der Waals surface area contributed by atoms with Crippen LogP contribution in [0.2, 0.25) is 0 Å². The molecule has 0 aliphatic carbocycles. The van der Waals surface area contributed by atoms with Crippen LogP contribution in [0.5, 0.6) is 0 Å². The third-order valence-electron chi connectivity index (χ3n) is 3.71. The minimum atomic E-state index is -0.482. The Morgan fingerprint density at radius 2 is 2.18 bits per heavy atom. The van der Waals surface area contributed by atoms with Gasteiger partial charge < -0.3 is 9.30 Å². The zero-order chi connectivity index (χ0) is 15.9. The molecule has 1 unspecified atom stereocenters. The van der Waals surface area contributed by atoms with E-state index in [-0.39, 0.29) is 12.3 Å². The molecule has 118 valence electrons. The average Bonchev–Trinajstić information content (AvgIpc) is 3.01. The fourth-order valence-corrected chi connectivity index (χ4v) is 3.16. The lowest BCUT2D eigenvalue weighted by Crippen LogP contribution is -2.38. The van der Waals surface area contributed by atoms with E-state index in [0.29, 0.717) is 6.54 Å². The smallest absolute Gasteiger partial charge is 0.411 e. The van der Waals surface area contributed by atoms with Crippen molar-refractivity contribution in [2.24, 2.45) is 0 Å². The summed E-state index contributed by atoms with van der Waals surface area (Å²) in [4.78, 5) is 18.7. The van der Waals surface area contributed by atoms with Crippen LogP contribution in [0.15, 0.2) is 29.0 Å². The van der Waals surface area contributed by atoms with E-state index in [0.717, 1.165) is 28.3 Å². The van der Waals surface area contributed by atoms with Gasteiger partial charge in [0, 0.05) is 11.0 Å². The highest BCUT2D eigenvalue weighted by molar-refractivity contribution is 9.10. The molecule has 1 aromatic carbocycles. The molecular weight excluding hydrogens is 346 g/mol. The van der Waals surface area contributed by atoms with Crippen molar-refractivity contribution in [1.29, 1.82) is 0 Å². The Morgan fingerprint density at radius 3 is 2.91 bits per heavy atom. The number of aromatic nitrogens is 2. The van der Waals surface area contributed by atoms with E-state index in [1.807, 2.05) is 45.3 Å². The minimum absolute atomic E-state index is 0.0332. The predicted molar refractivity (Wildman–Crippen MR) is 88.6 cm³/mol. The molecule has 1 amide bonds. The lowest BCUT2D eigenvalue weighted by Gasteiger charge is -2.29. The largest absolute Gasteiger partial charge is 0.444 e. The van der Waals surface area contributed by atoms with Crippen LogP contribution in [0.25, 0.3) is 11.0 Å². The van der Waals surface area contributed by atoms with Crippen LogP contribution in [-0.2, 0) is 4.74 Å². The zero-order valence-electron chi connectivity index (χ0n) is 13.0. The van der Waals surface area contributed by atoms with Crippen LogP contribution in [0.1, 0.15) is 39.8 Å². The summed E-state index contributed by atoms with van der Waals surface area (Å²) in [5, 5.41) is 0. The van der Waals surface area contributed by atoms with Gasteiger partial charge in [-0.05, 0) is 51.8 Å². The number of benzene rings is 1. The number of amides is 1. The highest BCUT2D eigenvalue weighted by Gasteiger charge is 2.33. The van der Waals surface area contributed by atoms with Gasteiger partial charge in [0.15, 0.2) is 0 Å². The normalized spacial score (nSPS) is 18.9. The van der Waals surface area contributed by atoms with Crippen molar-refractivity contribution >= 4 is 33.1 Å². The first-order chi connectivity index (χ1) is 10.3. The summed E-state index contributed by atoms with van der Waals surface area (Å²) in [6.45, 7) is 6.38. The maximum atomic E-state index is 12.4. The van der Waals surface area contributed by atoms with Gasteiger partial charge in [-0.3, -0.25) is 4.90 Å². The quantitative estimate of drug-likeness (QED) is 0.755. The number of hydrogen-bond donors (Lipinski definition) is 0. The molecule has 2 aromatic rings. The van der Waals surface area contributed by atoms with Crippen LogP contribution in [0.4, 0.5) is 4.79 Å². The highest BCUT2D eigenvalue weighted by Crippen LogP contribution is 2.32. The van der Waals surface area contributed by atoms with E-state index in [2.05, 4.69) is 25.5 Å². The summed E-state index contributed by atoms with van der Waals surface area (Å²) >= 11 is 3.50. The monoisotopic (exact) mass is 365 g/mol. The van der Waals surface area contributed by atoms with Gasteiger partial charge in [0.2, 0.25) is 0 Å². The Hall–Kier alpha value is -1.56. The van der Waals surface area contributed by atoms with E-state index in [1.165, 1.54) is 0 Å². The molecule has 1 aliphatic heterocycles. The molecule has 5 nitrogen and oxygen atoms in total. The molecule has 0 saturated carbocycles.